The van der Waals surface area contributed by atoms with Gasteiger partial charge in [0.2, 0.25) is 0 Å². The van der Waals surface area contributed by atoms with E-state index in [4.69, 9.17) is 5.11 Å². The lowest BCUT2D eigenvalue weighted by molar-refractivity contribution is 0.0695. The van der Waals surface area contributed by atoms with E-state index in [0.29, 0.717) is 10.4 Å². The fourth-order valence-electron chi connectivity index (χ4n) is 1.39. The Kier molecular flexibility index (Phi) is 3.12. The summed E-state index contributed by atoms with van der Waals surface area (Å²) in [4.78, 5) is 23.5. The van der Waals surface area contributed by atoms with E-state index in [0.717, 1.165) is 8.47 Å². The predicted octanol–water partition coefficient (Wildman–Crippen LogP) is 1.97. The Labute approximate surface area is 108 Å². The number of rotatable bonds is 2. The number of hydrogen-bond donors (Lipinski definition) is 1. The number of aryl methyl sites for hydroxylation is 1. The molecule has 0 bridgehead atoms. The maximum atomic E-state index is 11.7. The number of aromatic carboxylic acids is 1. The molecule has 0 fully saturated rings. The molecule has 0 saturated heterocycles. The van der Waals surface area contributed by atoms with Gasteiger partial charge in [0.25, 0.3) is 5.56 Å². The van der Waals surface area contributed by atoms with Crippen LogP contribution in [0.1, 0.15) is 10.4 Å². The van der Waals surface area contributed by atoms with Gasteiger partial charge < -0.3 is 5.11 Å². The van der Waals surface area contributed by atoms with E-state index in [-0.39, 0.29) is 5.56 Å². The molecule has 1 N–H and O–H groups in total. The SMILES string of the molecule is Cn1ncc(-c2ccc(Br)s2)c(C(=O)O)c1=O. The lowest BCUT2D eigenvalue weighted by Gasteiger charge is -2.04. The third kappa shape index (κ3) is 2.16. The van der Waals surface area contributed by atoms with Gasteiger partial charge in [-0.05, 0) is 28.1 Å². The number of thiophene rings is 1. The molecular weight excluding hydrogens is 308 g/mol. The smallest absolute Gasteiger partial charge is 0.342 e. The van der Waals surface area contributed by atoms with Gasteiger partial charge in [0, 0.05) is 17.5 Å². The molecule has 0 radical (unpaired) electrons. The van der Waals surface area contributed by atoms with Gasteiger partial charge in [-0.15, -0.1) is 11.3 Å². The van der Waals surface area contributed by atoms with Gasteiger partial charge in [0.1, 0.15) is 5.56 Å². The molecular formula is C10H7BrN2O3S. The van der Waals surface area contributed by atoms with Crippen LogP contribution in [0, 0.1) is 0 Å². The monoisotopic (exact) mass is 314 g/mol. The van der Waals surface area contributed by atoms with Crippen molar-refractivity contribution in [2.45, 2.75) is 0 Å². The molecule has 0 aliphatic rings. The summed E-state index contributed by atoms with van der Waals surface area (Å²) < 4.78 is 1.87. The van der Waals surface area contributed by atoms with Gasteiger partial charge in [-0.1, -0.05) is 0 Å². The number of nitrogens with zero attached hydrogens (tertiary/aromatic N) is 2. The van der Waals surface area contributed by atoms with E-state index in [1.54, 1.807) is 12.1 Å². The third-order valence-corrected chi connectivity index (χ3v) is 3.85. The van der Waals surface area contributed by atoms with Crippen molar-refractivity contribution in [3.05, 3.63) is 38.0 Å². The maximum absolute atomic E-state index is 11.7. The Balaban J connectivity index is 2.74. The van der Waals surface area contributed by atoms with Crippen LogP contribution in [-0.4, -0.2) is 20.9 Å². The van der Waals surface area contributed by atoms with Gasteiger partial charge in [0.15, 0.2) is 0 Å². The predicted molar refractivity (Wildman–Crippen MR) is 67.5 cm³/mol. The van der Waals surface area contributed by atoms with Crippen molar-refractivity contribution in [1.82, 2.24) is 9.78 Å². The number of carboxylic acids is 1. The summed E-state index contributed by atoms with van der Waals surface area (Å²) in [6.45, 7) is 0. The highest BCUT2D eigenvalue weighted by Gasteiger charge is 2.19. The number of aromatic nitrogens is 2. The zero-order valence-electron chi connectivity index (χ0n) is 8.68. The number of carboxylic acid groups (broad SMARTS) is 1. The van der Waals surface area contributed by atoms with Crippen molar-refractivity contribution in [2.24, 2.45) is 7.05 Å². The second-order valence-electron chi connectivity index (χ2n) is 3.27. The average molecular weight is 315 g/mol. The highest BCUT2D eigenvalue weighted by molar-refractivity contribution is 9.11. The van der Waals surface area contributed by atoms with Gasteiger partial charge >= 0.3 is 5.97 Å². The van der Waals surface area contributed by atoms with Crippen molar-refractivity contribution in [2.75, 3.05) is 0 Å². The quantitative estimate of drug-likeness (QED) is 0.919. The van der Waals surface area contributed by atoms with Crippen LogP contribution >= 0.6 is 27.3 Å². The first-order chi connectivity index (χ1) is 8.00. The Morgan fingerprint density at radius 3 is 2.76 bits per heavy atom. The third-order valence-electron chi connectivity index (χ3n) is 2.19. The molecule has 0 unspecified atom stereocenters. The van der Waals surface area contributed by atoms with Crippen LogP contribution in [-0.2, 0) is 7.05 Å². The summed E-state index contributed by atoms with van der Waals surface area (Å²) in [5.74, 6) is -1.24. The summed E-state index contributed by atoms with van der Waals surface area (Å²) in [6.07, 6.45) is 1.39. The number of hydrogen-bond acceptors (Lipinski definition) is 4. The first-order valence-corrected chi connectivity index (χ1v) is 6.17. The summed E-state index contributed by atoms with van der Waals surface area (Å²) >= 11 is 4.64. The Bertz CT molecular complexity index is 647. The van der Waals surface area contributed by atoms with Gasteiger partial charge in [-0.25, -0.2) is 9.48 Å². The van der Waals surface area contributed by atoms with Crippen molar-refractivity contribution >= 4 is 33.2 Å². The molecule has 5 nitrogen and oxygen atoms in total. The molecule has 2 aromatic rings. The van der Waals surface area contributed by atoms with E-state index < -0.39 is 11.5 Å². The highest BCUT2D eigenvalue weighted by Crippen LogP contribution is 2.31. The van der Waals surface area contributed by atoms with Crippen molar-refractivity contribution < 1.29 is 9.90 Å². The van der Waals surface area contributed by atoms with Crippen LogP contribution in [0.4, 0.5) is 0 Å². The lowest BCUT2D eigenvalue weighted by Crippen LogP contribution is -2.26. The number of carbonyl (C=O) groups is 1. The fraction of sp³-hybridized carbons (Fsp3) is 0.100. The van der Waals surface area contributed by atoms with Crippen LogP contribution in [0.5, 0.6) is 0 Å². The molecule has 7 heteroatoms. The second kappa shape index (κ2) is 4.42. The van der Waals surface area contributed by atoms with Crippen LogP contribution in [0.3, 0.4) is 0 Å². The summed E-state index contributed by atoms with van der Waals surface area (Å²) in [7, 11) is 1.42. The zero-order chi connectivity index (χ0) is 12.6. The molecule has 0 atom stereocenters. The normalized spacial score (nSPS) is 10.5. The molecule has 0 aromatic carbocycles. The van der Waals surface area contributed by atoms with E-state index in [1.165, 1.54) is 24.6 Å². The molecule has 0 aliphatic heterocycles. The first kappa shape index (κ1) is 12.0. The minimum Gasteiger partial charge on any atom is -0.477 e. The molecule has 0 amide bonds. The first-order valence-electron chi connectivity index (χ1n) is 4.56. The standard InChI is InChI=1S/C10H7BrN2O3S/c1-13-9(14)8(10(15)16)5(4-12-13)6-2-3-7(11)17-6/h2-4H,1H3,(H,15,16). The Morgan fingerprint density at radius 2 is 2.24 bits per heavy atom. The molecule has 0 saturated carbocycles. The number of halogens is 1. The molecule has 2 rings (SSSR count). The van der Waals surface area contributed by atoms with Crippen molar-refractivity contribution in [1.29, 1.82) is 0 Å². The van der Waals surface area contributed by atoms with Crippen LogP contribution in [0.15, 0.2) is 26.9 Å². The summed E-state index contributed by atoms with van der Waals surface area (Å²) in [5.41, 5.74) is -0.521. The Morgan fingerprint density at radius 1 is 1.53 bits per heavy atom. The molecule has 88 valence electrons. The van der Waals surface area contributed by atoms with E-state index in [1.807, 2.05) is 0 Å². The summed E-state index contributed by atoms with van der Waals surface area (Å²) in [5, 5.41) is 12.9. The molecule has 0 spiro atoms. The zero-order valence-corrected chi connectivity index (χ0v) is 11.1. The van der Waals surface area contributed by atoms with Crippen molar-refractivity contribution in [3.63, 3.8) is 0 Å². The van der Waals surface area contributed by atoms with Crippen molar-refractivity contribution in [3.8, 4) is 10.4 Å². The maximum Gasteiger partial charge on any atom is 0.342 e. The van der Waals surface area contributed by atoms with E-state index in [2.05, 4.69) is 21.0 Å². The molecule has 2 heterocycles. The molecule has 2 aromatic heterocycles. The van der Waals surface area contributed by atoms with Crippen LogP contribution < -0.4 is 5.56 Å². The largest absolute Gasteiger partial charge is 0.477 e. The van der Waals surface area contributed by atoms with Crippen LogP contribution in [0.25, 0.3) is 10.4 Å². The summed E-state index contributed by atoms with van der Waals surface area (Å²) in [6, 6.07) is 3.54. The minimum absolute atomic E-state index is 0.253. The second-order valence-corrected chi connectivity index (χ2v) is 5.73. The molecule has 17 heavy (non-hydrogen) atoms. The molecule has 0 aliphatic carbocycles. The van der Waals surface area contributed by atoms with Crippen LogP contribution in [0.2, 0.25) is 0 Å². The fourth-order valence-corrected chi connectivity index (χ4v) is 2.79. The Hall–Kier alpha value is -1.47. The topological polar surface area (TPSA) is 72.2 Å². The average Bonchev–Trinajstić information content (AvgIpc) is 2.68. The highest BCUT2D eigenvalue weighted by atomic mass is 79.9. The minimum atomic E-state index is -1.24. The van der Waals surface area contributed by atoms with Gasteiger partial charge in [-0.2, -0.15) is 5.10 Å². The van der Waals surface area contributed by atoms with E-state index >= 15 is 0 Å². The van der Waals surface area contributed by atoms with E-state index in [9.17, 15) is 9.59 Å². The van der Waals surface area contributed by atoms with Gasteiger partial charge in [0.05, 0.1) is 9.98 Å². The van der Waals surface area contributed by atoms with Gasteiger partial charge in [-0.3, -0.25) is 4.79 Å². The lowest BCUT2D eigenvalue weighted by atomic mass is 10.1.